The van der Waals surface area contributed by atoms with Crippen LogP contribution in [0.25, 0.3) is 0 Å². The van der Waals surface area contributed by atoms with Crippen molar-refractivity contribution in [3.05, 3.63) is 35.4 Å². The van der Waals surface area contributed by atoms with Crippen molar-refractivity contribution in [3.63, 3.8) is 0 Å². The Morgan fingerprint density at radius 2 is 1.47 bits per heavy atom. The Morgan fingerprint density at radius 1 is 1.00 bits per heavy atom. The van der Waals surface area contributed by atoms with Crippen LogP contribution in [0.4, 0.5) is 0 Å². The first-order valence-electron chi connectivity index (χ1n) is 6.31. The van der Waals surface area contributed by atoms with Gasteiger partial charge in [-0.05, 0) is 30.4 Å². The maximum absolute atomic E-state index is 2.28. The summed E-state index contributed by atoms with van der Waals surface area (Å²) in [7, 11) is 0. The standard InChI is InChI=1S/C11H16.2C2H6/c1-4-9(2)11-8-6-5-7-10(11)3;2*1-2/h5-9H,4H2,1-3H3;2*1-2H3. The number of benzene rings is 1. The van der Waals surface area contributed by atoms with Gasteiger partial charge in [0.05, 0.1) is 0 Å². The summed E-state index contributed by atoms with van der Waals surface area (Å²) in [6, 6.07) is 8.63. The van der Waals surface area contributed by atoms with E-state index in [2.05, 4.69) is 45.0 Å². The summed E-state index contributed by atoms with van der Waals surface area (Å²) >= 11 is 0. The maximum Gasteiger partial charge on any atom is -0.0190 e. The van der Waals surface area contributed by atoms with E-state index in [0.717, 1.165) is 0 Å². The summed E-state index contributed by atoms with van der Waals surface area (Å²) in [5.74, 6) is 0.705. The molecule has 0 nitrogen and oxygen atoms in total. The number of aryl methyl sites for hydroxylation is 1. The van der Waals surface area contributed by atoms with Crippen molar-refractivity contribution in [2.24, 2.45) is 0 Å². The fourth-order valence-corrected chi connectivity index (χ4v) is 1.36. The fourth-order valence-electron chi connectivity index (χ4n) is 1.36. The normalized spacial score (nSPS) is 10.3. The molecule has 0 radical (unpaired) electrons. The third kappa shape index (κ3) is 6.33. The number of rotatable bonds is 2. The van der Waals surface area contributed by atoms with Gasteiger partial charge < -0.3 is 0 Å². The molecule has 1 atom stereocenters. The summed E-state index contributed by atoms with van der Waals surface area (Å²) in [6.07, 6.45) is 1.23. The number of hydrogen-bond donors (Lipinski definition) is 0. The van der Waals surface area contributed by atoms with Gasteiger partial charge in [0, 0.05) is 0 Å². The van der Waals surface area contributed by atoms with E-state index >= 15 is 0 Å². The van der Waals surface area contributed by atoms with E-state index in [1.807, 2.05) is 27.7 Å². The Labute approximate surface area is 96.7 Å². The molecular formula is C15H28. The molecule has 88 valence electrons. The van der Waals surface area contributed by atoms with Crippen LogP contribution in [0.1, 0.15) is 65.0 Å². The first-order valence-corrected chi connectivity index (χ1v) is 6.31. The van der Waals surface area contributed by atoms with Crippen molar-refractivity contribution in [1.29, 1.82) is 0 Å². The molecule has 1 aromatic rings. The van der Waals surface area contributed by atoms with Crippen LogP contribution in [-0.2, 0) is 0 Å². The van der Waals surface area contributed by atoms with Crippen molar-refractivity contribution in [2.45, 2.75) is 60.8 Å². The van der Waals surface area contributed by atoms with Gasteiger partial charge in [-0.1, -0.05) is 65.8 Å². The van der Waals surface area contributed by atoms with Gasteiger partial charge in [0.25, 0.3) is 0 Å². The topological polar surface area (TPSA) is 0 Å². The highest BCUT2D eigenvalue weighted by Crippen LogP contribution is 2.21. The molecule has 0 aliphatic rings. The quantitative estimate of drug-likeness (QED) is 0.597. The van der Waals surface area contributed by atoms with E-state index in [1.165, 1.54) is 17.5 Å². The maximum atomic E-state index is 2.28. The van der Waals surface area contributed by atoms with Crippen LogP contribution in [0.2, 0.25) is 0 Å². The smallest absolute Gasteiger partial charge is 0.0190 e. The van der Waals surface area contributed by atoms with Crippen molar-refractivity contribution in [1.82, 2.24) is 0 Å². The van der Waals surface area contributed by atoms with Gasteiger partial charge >= 0.3 is 0 Å². The summed E-state index contributed by atoms with van der Waals surface area (Å²) in [5.41, 5.74) is 2.91. The molecule has 1 rings (SSSR count). The molecule has 0 aliphatic heterocycles. The molecule has 0 N–H and O–H groups in total. The van der Waals surface area contributed by atoms with Crippen molar-refractivity contribution < 1.29 is 0 Å². The van der Waals surface area contributed by atoms with E-state index in [-0.39, 0.29) is 0 Å². The second kappa shape index (κ2) is 11.3. The van der Waals surface area contributed by atoms with E-state index in [9.17, 15) is 0 Å². The van der Waals surface area contributed by atoms with Crippen molar-refractivity contribution in [2.75, 3.05) is 0 Å². The van der Waals surface area contributed by atoms with Gasteiger partial charge in [-0.3, -0.25) is 0 Å². The van der Waals surface area contributed by atoms with Crippen LogP contribution in [0.15, 0.2) is 24.3 Å². The number of hydrogen-bond acceptors (Lipinski definition) is 0. The average molecular weight is 208 g/mol. The predicted octanol–water partition coefficient (Wildman–Crippen LogP) is 5.56. The SMILES string of the molecule is CC.CC.CCC(C)c1ccccc1C. The second-order valence-electron chi connectivity index (χ2n) is 3.17. The summed E-state index contributed by atoms with van der Waals surface area (Å²) in [5, 5.41) is 0. The van der Waals surface area contributed by atoms with Crippen LogP contribution < -0.4 is 0 Å². The monoisotopic (exact) mass is 208 g/mol. The minimum Gasteiger partial charge on any atom is -0.0683 e. The molecule has 0 amide bonds. The van der Waals surface area contributed by atoms with E-state index in [0.29, 0.717) is 5.92 Å². The molecule has 0 aromatic heterocycles. The molecule has 15 heavy (non-hydrogen) atoms. The lowest BCUT2D eigenvalue weighted by Crippen LogP contribution is -1.93. The lowest BCUT2D eigenvalue weighted by molar-refractivity contribution is 0.728. The molecule has 0 saturated heterocycles. The van der Waals surface area contributed by atoms with E-state index < -0.39 is 0 Å². The zero-order valence-electron chi connectivity index (χ0n) is 11.6. The third-order valence-corrected chi connectivity index (χ3v) is 2.33. The van der Waals surface area contributed by atoms with Crippen LogP contribution >= 0.6 is 0 Å². The highest BCUT2D eigenvalue weighted by molar-refractivity contribution is 5.28. The predicted molar refractivity (Wildman–Crippen MR) is 72.6 cm³/mol. The van der Waals surface area contributed by atoms with E-state index in [4.69, 9.17) is 0 Å². The van der Waals surface area contributed by atoms with Crippen LogP contribution in [0, 0.1) is 6.92 Å². The second-order valence-corrected chi connectivity index (χ2v) is 3.17. The van der Waals surface area contributed by atoms with Gasteiger partial charge in [0.1, 0.15) is 0 Å². The first-order chi connectivity index (χ1) is 7.25. The molecule has 1 unspecified atom stereocenters. The molecule has 0 bridgehead atoms. The van der Waals surface area contributed by atoms with Gasteiger partial charge in [-0.25, -0.2) is 0 Å². The zero-order valence-corrected chi connectivity index (χ0v) is 11.6. The summed E-state index contributed by atoms with van der Waals surface area (Å²) in [6.45, 7) is 14.7. The highest BCUT2D eigenvalue weighted by atomic mass is 14.1. The summed E-state index contributed by atoms with van der Waals surface area (Å²) < 4.78 is 0. The van der Waals surface area contributed by atoms with Crippen LogP contribution in [0.3, 0.4) is 0 Å². The third-order valence-electron chi connectivity index (χ3n) is 2.33. The Kier molecular flexibility index (Phi) is 12.5. The van der Waals surface area contributed by atoms with Gasteiger partial charge in [0.2, 0.25) is 0 Å². The van der Waals surface area contributed by atoms with Gasteiger partial charge in [-0.15, -0.1) is 0 Å². The minimum atomic E-state index is 0.705. The Hall–Kier alpha value is -0.780. The molecular weight excluding hydrogens is 180 g/mol. The Bertz CT molecular complexity index is 225. The Balaban J connectivity index is 0. The van der Waals surface area contributed by atoms with Crippen LogP contribution in [-0.4, -0.2) is 0 Å². The molecule has 0 heteroatoms. The van der Waals surface area contributed by atoms with Gasteiger partial charge in [-0.2, -0.15) is 0 Å². The lowest BCUT2D eigenvalue weighted by atomic mass is 9.95. The molecule has 0 saturated carbocycles. The van der Waals surface area contributed by atoms with Crippen molar-refractivity contribution in [3.8, 4) is 0 Å². The molecule has 0 fully saturated rings. The first kappa shape index (κ1) is 16.6. The largest absolute Gasteiger partial charge is 0.0683 e. The van der Waals surface area contributed by atoms with E-state index in [1.54, 1.807) is 0 Å². The minimum absolute atomic E-state index is 0.705. The molecule has 0 heterocycles. The Morgan fingerprint density at radius 3 is 1.87 bits per heavy atom. The van der Waals surface area contributed by atoms with Crippen molar-refractivity contribution >= 4 is 0 Å². The molecule has 0 spiro atoms. The van der Waals surface area contributed by atoms with Crippen LogP contribution in [0.5, 0.6) is 0 Å². The zero-order chi connectivity index (χ0) is 12.3. The van der Waals surface area contributed by atoms with Gasteiger partial charge in [0.15, 0.2) is 0 Å². The molecule has 1 aromatic carbocycles. The average Bonchev–Trinajstić information content (AvgIpc) is 2.34. The fraction of sp³-hybridized carbons (Fsp3) is 0.600. The molecule has 0 aliphatic carbocycles. The summed E-state index contributed by atoms with van der Waals surface area (Å²) in [4.78, 5) is 0. The highest BCUT2D eigenvalue weighted by Gasteiger charge is 2.03. The lowest BCUT2D eigenvalue weighted by Gasteiger charge is -2.11.